The lowest BCUT2D eigenvalue weighted by atomic mass is 10.0. The van der Waals surface area contributed by atoms with Crippen LogP contribution in [0.25, 0.3) is 144 Å². The molecule has 0 radical (unpaired) electrons. The van der Waals surface area contributed by atoms with Gasteiger partial charge < -0.3 is 13.6 Å². The summed E-state index contributed by atoms with van der Waals surface area (Å²) in [6.45, 7) is 0. The number of furan rings is 1. The number of rotatable bonds is 8. The van der Waals surface area contributed by atoms with Crippen molar-refractivity contribution >= 4 is 65.6 Å². The molecule has 6 nitrogen and oxygen atoms in total. The monoisotopic (exact) mass is 957 g/mol. The van der Waals surface area contributed by atoms with Crippen molar-refractivity contribution < 1.29 is 4.42 Å². The van der Waals surface area contributed by atoms with Crippen LogP contribution in [0.3, 0.4) is 0 Å². The maximum Gasteiger partial charge on any atom is 0.164 e. The number of benzene rings is 11. The molecule has 11 aromatic carbocycles. The SMILES string of the molecule is c1ccc(-c2ccc(-c3nc(-c4ccc(-c5ccccc5)cc4)nc(-c4ccc(-n5c6ccccc6c6ccc7c8ccc9c%10ccccc%10n(-c%10ccc(-c%11ccccc%11)cc%10)c9c8oc7c65)cc4)n3)cc2)cc1. The first-order chi connectivity index (χ1) is 37.2. The molecule has 0 N–H and O–H groups in total. The summed E-state index contributed by atoms with van der Waals surface area (Å²) >= 11 is 0. The topological polar surface area (TPSA) is 61.7 Å². The number of hydrogen-bond donors (Lipinski definition) is 0. The predicted molar refractivity (Wildman–Crippen MR) is 308 cm³/mol. The van der Waals surface area contributed by atoms with Gasteiger partial charge in [-0.25, -0.2) is 15.0 Å². The van der Waals surface area contributed by atoms with Crippen molar-refractivity contribution in [1.29, 1.82) is 0 Å². The third kappa shape index (κ3) is 7.07. The van der Waals surface area contributed by atoms with Gasteiger partial charge >= 0.3 is 0 Å². The predicted octanol–water partition coefficient (Wildman–Crippen LogP) is 18.0. The fourth-order valence-electron chi connectivity index (χ4n) is 11.2. The molecule has 4 aromatic heterocycles. The summed E-state index contributed by atoms with van der Waals surface area (Å²) in [5.41, 5.74) is 17.7. The number of nitrogens with zero attached hydrogens (tertiary/aromatic N) is 5. The molecule has 350 valence electrons. The van der Waals surface area contributed by atoms with Crippen molar-refractivity contribution in [3.05, 3.63) is 261 Å². The average molecular weight is 958 g/mol. The Morgan fingerprint density at radius 1 is 0.227 bits per heavy atom. The van der Waals surface area contributed by atoms with Gasteiger partial charge in [-0.15, -0.1) is 0 Å². The van der Waals surface area contributed by atoms with Crippen molar-refractivity contribution in [1.82, 2.24) is 24.1 Å². The van der Waals surface area contributed by atoms with Crippen molar-refractivity contribution in [2.24, 2.45) is 0 Å². The minimum atomic E-state index is 0.594. The molecule has 0 bridgehead atoms. The van der Waals surface area contributed by atoms with Gasteiger partial charge in [0.2, 0.25) is 0 Å². The molecule has 0 saturated heterocycles. The van der Waals surface area contributed by atoms with Gasteiger partial charge in [-0.2, -0.15) is 0 Å². The Kier molecular flexibility index (Phi) is 9.78. The van der Waals surface area contributed by atoms with Crippen LogP contribution in [0.2, 0.25) is 0 Å². The minimum absolute atomic E-state index is 0.594. The Morgan fingerprint density at radius 3 is 0.880 bits per heavy atom. The van der Waals surface area contributed by atoms with Crippen LogP contribution in [0.5, 0.6) is 0 Å². The van der Waals surface area contributed by atoms with E-state index < -0.39 is 0 Å². The summed E-state index contributed by atoms with van der Waals surface area (Å²) in [6, 6.07) is 92.1. The summed E-state index contributed by atoms with van der Waals surface area (Å²) in [5, 5.41) is 6.74. The molecule has 0 aliphatic carbocycles. The summed E-state index contributed by atoms with van der Waals surface area (Å²) in [5.74, 6) is 1.81. The maximum atomic E-state index is 7.36. The molecule has 0 fully saturated rings. The fraction of sp³-hybridized carbons (Fsp3) is 0. The van der Waals surface area contributed by atoms with E-state index in [4.69, 9.17) is 19.4 Å². The largest absolute Gasteiger partial charge is 0.452 e. The van der Waals surface area contributed by atoms with E-state index in [0.717, 1.165) is 110 Å². The molecule has 0 atom stereocenters. The van der Waals surface area contributed by atoms with Crippen LogP contribution < -0.4 is 0 Å². The molecule has 0 amide bonds. The molecule has 75 heavy (non-hydrogen) atoms. The van der Waals surface area contributed by atoms with Gasteiger partial charge in [0, 0.05) is 60.4 Å². The first-order valence-electron chi connectivity index (χ1n) is 25.3. The highest BCUT2D eigenvalue weighted by Gasteiger charge is 2.23. The molecule has 0 unspecified atom stereocenters. The van der Waals surface area contributed by atoms with Gasteiger partial charge in [-0.05, 0) is 94.0 Å². The maximum absolute atomic E-state index is 7.36. The molecular weight excluding hydrogens is 915 g/mol. The Labute approximate surface area is 431 Å². The van der Waals surface area contributed by atoms with E-state index in [0.29, 0.717) is 17.5 Å². The smallest absolute Gasteiger partial charge is 0.164 e. The second kappa shape index (κ2) is 17.3. The lowest BCUT2D eigenvalue weighted by Gasteiger charge is -2.11. The average Bonchev–Trinajstić information content (AvgIpc) is 4.16. The lowest BCUT2D eigenvalue weighted by Crippen LogP contribution is -2.01. The van der Waals surface area contributed by atoms with E-state index in [2.05, 4.69) is 258 Å². The van der Waals surface area contributed by atoms with Crippen molar-refractivity contribution in [3.63, 3.8) is 0 Å². The summed E-state index contributed by atoms with van der Waals surface area (Å²) in [7, 11) is 0. The normalized spacial score (nSPS) is 11.7. The van der Waals surface area contributed by atoms with Gasteiger partial charge in [0.1, 0.15) is 0 Å². The molecule has 0 aliphatic heterocycles. The number of aromatic nitrogens is 5. The van der Waals surface area contributed by atoms with E-state index in [-0.39, 0.29) is 0 Å². The van der Waals surface area contributed by atoms with Crippen LogP contribution in [-0.4, -0.2) is 24.1 Å². The van der Waals surface area contributed by atoms with Gasteiger partial charge in [0.15, 0.2) is 28.6 Å². The van der Waals surface area contributed by atoms with E-state index in [9.17, 15) is 0 Å². The molecule has 4 heterocycles. The fourth-order valence-corrected chi connectivity index (χ4v) is 11.2. The highest BCUT2D eigenvalue weighted by molar-refractivity contribution is 6.26. The second-order valence-electron chi connectivity index (χ2n) is 19.1. The molecule has 0 aliphatic rings. The van der Waals surface area contributed by atoms with Crippen LogP contribution in [0.4, 0.5) is 0 Å². The van der Waals surface area contributed by atoms with E-state index >= 15 is 0 Å². The Bertz CT molecular complexity index is 4530. The zero-order valence-corrected chi connectivity index (χ0v) is 40.5. The highest BCUT2D eigenvalue weighted by Crippen LogP contribution is 2.45. The van der Waals surface area contributed by atoms with Gasteiger partial charge in [0.05, 0.1) is 22.1 Å². The number of hydrogen-bond acceptors (Lipinski definition) is 4. The Hall–Kier alpha value is -10.2. The molecule has 0 saturated carbocycles. The summed E-state index contributed by atoms with van der Waals surface area (Å²) in [6.07, 6.45) is 0. The first kappa shape index (κ1) is 42.5. The standard InChI is InChI=1S/C69H43N5O/c1-4-14-44(15-5-1)47-24-28-50(29-25-47)67-70-68(51-30-26-48(27-31-51)45-16-6-2-7-17-45)72-69(71-67)52-34-38-54(39-35-52)74-62-23-13-11-21-56(62)58-41-43-60-59-42-40-57-55-20-10-12-22-61(55)73(63(57)65(59)75-66(60)64(58)74)53-36-32-49(33-37-53)46-18-8-3-9-19-46/h1-43H. The van der Waals surface area contributed by atoms with Crippen molar-refractivity contribution in [3.8, 4) is 78.9 Å². The van der Waals surface area contributed by atoms with Crippen molar-refractivity contribution in [2.45, 2.75) is 0 Å². The highest BCUT2D eigenvalue weighted by atomic mass is 16.3. The zero-order chi connectivity index (χ0) is 49.4. The Morgan fingerprint density at radius 2 is 0.507 bits per heavy atom. The summed E-state index contributed by atoms with van der Waals surface area (Å²) in [4.78, 5) is 15.4. The van der Waals surface area contributed by atoms with Crippen LogP contribution >= 0.6 is 0 Å². The molecule has 6 heteroatoms. The third-order valence-electron chi connectivity index (χ3n) is 14.8. The lowest BCUT2D eigenvalue weighted by molar-refractivity contribution is 0.673. The third-order valence-corrected chi connectivity index (χ3v) is 14.8. The molecule has 0 spiro atoms. The van der Waals surface area contributed by atoms with Gasteiger partial charge in [-0.3, -0.25) is 0 Å². The Balaban J connectivity index is 0.876. The zero-order valence-electron chi connectivity index (χ0n) is 40.5. The second-order valence-corrected chi connectivity index (χ2v) is 19.1. The van der Waals surface area contributed by atoms with Crippen LogP contribution in [0, 0.1) is 0 Å². The quantitative estimate of drug-likeness (QED) is 0.152. The first-order valence-corrected chi connectivity index (χ1v) is 25.3. The summed E-state index contributed by atoms with van der Waals surface area (Å²) < 4.78 is 12.1. The minimum Gasteiger partial charge on any atom is -0.452 e. The van der Waals surface area contributed by atoms with Crippen LogP contribution in [-0.2, 0) is 0 Å². The van der Waals surface area contributed by atoms with Crippen molar-refractivity contribution in [2.75, 3.05) is 0 Å². The molecule has 15 rings (SSSR count). The van der Waals surface area contributed by atoms with E-state index in [1.807, 2.05) is 12.1 Å². The molecule has 15 aromatic rings. The van der Waals surface area contributed by atoms with Crippen LogP contribution in [0.15, 0.2) is 265 Å². The van der Waals surface area contributed by atoms with E-state index in [1.54, 1.807) is 0 Å². The molecular formula is C69H43N5O. The van der Waals surface area contributed by atoms with Gasteiger partial charge in [0.25, 0.3) is 0 Å². The van der Waals surface area contributed by atoms with Gasteiger partial charge in [-0.1, -0.05) is 200 Å². The number of fused-ring (bicyclic) bond motifs is 11. The number of para-hydroxylation sites is 2. The van der Waals surface area contributed by atoms with E-state index in [1.165, 1.54) is 16.5 Å². The van der Waals surface area contributed by atoms with Crippen LogP contribution in [0.1, 0.15) is 0 Å².